The summed E-state index contributed by atoms with van der Waals surface area (Å²) >= 11 is 0. The van der Waals surface area contributed by atoms with Crippen molar-refractivity contribution in [3.63, 3.8) is 0 Å². The number of ether oxygens (including phenoxy) is 3. The largest absolute Gasteiger partial charge is 0.486 e. The topological polar surface area (TPSA) is 117 Å². The summed E-state index contributed by atoms with van der Waals surface area (Å²) in [4.78, 5) is 35.4. The van der Waals surface area contributed by atoms with Crippen LogP contribution in [0.3, 0.4) is 0 Å². The average molecular weight is 412 g/mol. The third kappa shape index (κ3) is 4.05. The molecule has 1 aliphatic carbocycles. The fourth-order valence-electron chi connectivity index (χ4n) is 3.74. The van der Waals surface area contributed by atoms with Gasteiger partial charge in [0.2, 0.25) is 0 Å². The summed E-state index contributed by atoms with van der Waals surface area (Å²) in [6, 6.07) is 10.1. The van der Waals surface area contributed by atoms with Crippen molar-refractivity contribution in [2.24, 2.45) is 0 Å². The maximum Gasteiger partial charge on any atom is 0.345 e. The fraction of sp³-hybridized carbons (Fsp3) is 0.333. The quantitative estimate of drug-likeness (QED) is 0.456. The van der Waals surface area contributed by atoms with Gasteiger partial charge in [-0.05, 0) is 30.4 Å². The van der Waals surface area contributed by atoms with Gasteiger partial charge in [0.05, 0.1) is 17.0 Å². The van der Waals surface area contributed by atoms with E-state index < -0.39 is 29.1 Å². The number of hydrogen-bond donors (Lipinski definition) is 1. The Morgan fingerprint density at radius 1 is 1.17 bits per heavy atom. The summed E-state index contributed by atoms with van der Waals surface area (Å²) in [7, 11) is 0. The number of aryl methyl sites for hydroxylation is 1. The number of benzene rings is 2. The zero-order valence-electron chi connectivity index (χ0n) is 16.1. The molecule has 9 nitrogen and oxygen atoms in total. The predicted molar refractivity (Wildman–Crippen MR) is 105 cm³/mol. The molecule has 0 fully saturated rings. The maximum absolute atomic E-state index is 12.4. The number of nitro benzene ring substituents is 1. The summed E-state index contributed by atoms with van der Waals surface area (Å²) in [5, 5.41) is 14.2. The third-order valence-electron chi connectivity index (χ3n) is 5.12. The minimum absolute atomic E-state index is 0.148. The van der Waals surface area contributed by atoms with Gasteiger partial charge in [0.25, 0.3) is 11.6 Å². The molecular formula is C21H20N2O7. The molecule has 9 heteroatoms. The molecule has 0 saturated carbocycles. The minimum atomic E-state index is -0.974. The summed E-state index contributed by atoms with van der Waals surface area (Å²) in [6.45, 7) is -0.00786. The number of amides is 1. The number of carbonyl (C=O) groups is 2. The minimum Gasteiger partial charge on any atom is -0.486 e. The van der Waals surface area contributed by atoms with Crippen molar-refractivity contribution in [2.45, 2.75) is 25.3 Å². The van der Waals surface area contributed by atoms with Crippen molar-refractivity contribution in [2.75, 3.05) is 19.8 Å². The van der Waals surface area contributed by atoms with E-state index in [-0.39, 0.29) is 36.3 Å². The average Bonchev–Trinajstić information content (AvgIpc) is 2.76. The van der Waals surface area contributed by atoms with E-state index in [9.17, 15) is 19.7 Å². The molecule has 0 spiro atoms. The van der Waals surface area contributed by atoms with Gasteiger partial charge < -0.3 is 19.5 Å². The second-order valence-electron chi connectivity index (χ2n) is 7.06. The second kappa shape index (κ2) is 8.40. The van der Waals surface area contributed by atoms with E-state index in [4.69, 9.17) is 14.2 Å². The first-order chi connectivity index (χ1) is 14.5. The summed E-state index contributed by atoms with van der Waals surface area (Å²) in [5.74, 6) is -1.02. The van der Waals surface area contributed by atoms with E-state index in [0.29, 0.717) is 0 Å². The van der Waals surface area contributed by atoms with Crippen LogP contribution >= 0.6 is 0 Å². The highest BCUT2D eigenvalue weighted by Gasteiger charge is 2.28. The summed E-state index contributed by atoms with van der Waals surface area (Å²) in [6.07, 6.45) is 2.71. The number of hydrogen-bond acceptors (Lipinski definition) is 7. The number of nitrogens with one attached hydrogen (secondary N) is 1. The molecule has 0 saturated heterocycles. The molecule has 1 heterocycles. The molecule has 156 valence electrons. The van der Waals surface area contributed by atoms with Crippen LogP contribution in [0, 0.1) is 10.1 Å². The van der Waals surface area contributed by atoms with Gasteiger partial charge in [0, 0.05) is 6.07 Å². The van der Waals surface area contributed by atoms with Crippen molar-refractivity contribution >= 4 is 17.6 Å². The Morgan fingerprint density at radius 2 is 1.90 bits per heavy atom. The molecule has 2 aromatic carbocycles. The van der Waals surface area contributed by atoms with E-state index in [2.05, 4.69) is 5.32 Å². The van der Waals surface area contributed by atoms with Gasteiger partial charge in [-0.1, -0.05) is 24.3 Å². The van der Waals surface area contributed by atoms with Crippen LogP contribution in [0.2, 0.25) is 0 Å². The molecule has 30 heavy (non-hydrogen) atoms. The Bertz CT molecular complexity index is 1000. The summed E-state index contributed by atoms with van der Waals surface area (Å²) < 4.78 is 15.7. The molecule has 1 N–H and O–H groups in total. The van der Waals surface area contributed by atoms with E-state index >= 15 is 0 Å². The zero-order valence-corrected chi connectivity index (χ0v) is 16.1. The molecule has 1 aliphatic heterocycles. The van der Waals surface area contributed by atoms with Gasteiger partial charge in [-0.15, -0.1) is 0 Å². The second-order valence-corrected chi connectivity index (χ2v) is 7.06. The van der Waals surface area contributed by atoms with Crippen molar-refractivity contribution < 1.29 is 28.7 Å². The monoisotopic (exact) mass is 412 g/mol. The normalized spacial score (nSPS) is 16.9. The van der Waals surface area contributed by atoms with Crippen LogP contribution < -0.4 is 14.8 Å². The lowest BCUT2D eigenvalue weighted by atomic mass is 9.88. The number of rotatable bonds is 5. The van der Waals surface area contributed by atoms with Gasteiger partial charge in [-0.25, -0.2) is 4.79 Å². The Kier molecular flexibility index (Phi) is 5.51. The van der Waals surface area contributed by atoms with Crippen molar-refractivity contribution in [3.8, 4) is 11.5 Å². The first-order valence-electron chi connectivity index (χ1n) is 9.65. The summed E-state index contributed by atoms with van der Waals surface area (Å²) in [5.41, 5.74) is 1.50. The SMILES string of the molecule is O=C(COC(=O)c1cc2c(cc1[N+](=O)[O-])OCCO2)N[C@H]1CCCc2ccccc21. The lowest BCUT2D eigenvalue weighted by Crippen LogP contribution is -2.34. The molecule has 4 rings (SSSR count). The van der Waals surface area contributed by atoms with E-state index in [1.54, 1.807) is 0 Å². The molecular weight excluding hydrogens is 392 g/mol. The lowest BCUT2D eigenvalue weighted by Gasteiger charge is -2.26. The highest BCUT2D eigenvalue weighted by molar-refractivity contribution is 5.96. The van der Waals surface area contributed by atoms with Crippen LogP contribution in [-0.4, -0.2) is 36.6 Å². The molecule has 2 aliphatic rings. The van der Waals surface area contributed by atoms with Crippen LogP contribution in [0.15, 0.2) is 36.4 Å². The van der Waals surface area contributed by atoms with E-state index in [1.165, 1.54) is 11.6 Å². The number of carbonyl (C=O) groups excluding carboxylic acids is 2. The molecule has 0 bridgehead atoms. The van der Waals surface area contributed by atoms with Gasteiger partial charge in [0.15, 0.2) is 18.1 Å². The lowest BCUT2D eigenvalue weighted by molar-refractivity contribution is -0.385. The standard InChI is InChI=1S/C21H20N2O7/c24-20(22-16-7-3-5-13-4-1-2-6-14(13)16)12-30-21(25)15-10-18-19(29-9-8-28-18)11-17(15)23(26)27/h1-2,4,6,10-11,16H,3,5,7-9,12H2,(H,22,24)/t16-/m0/s1. The van der Waals surface area contributed by atoms with Crippen molar-refractivity contribution in [1.29, 1.82) is 0 Å². The molecule has 0 radical (unpaired) electrons. The Morgan fingerprint density at radius 3 is 2.67 bits per heavy atom. The van der Waals surface area contributed by atoms with E-state index in [1.807, 2.05) is 24.3 Å². The van der Waals surface area contributed by atoms with Gasteiger partial charge in [-0.3, -0.25) is 14.9 Å². The van der Waals surface area contributed by atoms with Crippen LogP contribution in [0.4, 0.5) is 5.69 Å². The smallest absolute Gasteiger partial charge is 0.345 e. The molecule has 0 unspecified atom stereocenters. The zero-order chi connectivity index (χ0) is 21.1. The maximum atomic E-state index is 12.4. The molecule has 1 amide bonds. The number of nitro groups is 1. The number of fused-ring (bicyclic) bond motifs is 2. The van der Waals surface area contributed by atoms with Gasteiger partial charge in [-0.2, -0.15) is 0 Å². The number of esters is 1. The third-order valence-corrected chi connectivity index (χ3v) is 5.12. The predicted octanol–water partition coefficient (Wildman–Crippen LogP) is 2.72. The highest BCUT2D eigenvalue weighted by atomic mass is 16.6. The fourth-order valence-corrected chi connectivity index (χ4v) is 3.74. The van der Waals surface area contributed by atoms with Gasteiger partial charge >= 0.3 is 5.97 Å². The van der Waals surface area contributed by atoms with Crippen LogP contribution in [0.1, 0.15) is 40.4 Å². The highest BCUT2D eigenvalue weighted by Crippen LogP contribution is 2.37. The van der Waals surface area contributed by atoms with Crippen LogP contribution in [0.5, 0.6) is 11.5 Å². The van der Waals surface area contributed by atoms with Crippen molar-refractivity contribution in [1.82, 2.24) is 5.32 Å². The first kappa shape index (κ1) is 19.7. The molecule has 2 aromatic rings. The molecule has 0 aromatic heterocycles. The Balaban J connectivity index is 1.43. The first-order valence-corrected chi connectivity index (χ1v) is 9.65. The number of nitrogens with zero attached hydrogens (tertiary/aromatic N) is 1. The van der Waals surface area contributed by atoms with Gasteiger partial charge in [0.1, 0.15) is 18.8 Å². The van der Waals surface area contributed by atoms with Crippen LogP contribution in [-0.2, 0) is 16.0 Å². The van der Waals surface area contributed by atoms with E-state index in [0.717, 1.165) is 30.9 Å². The Labute approximate surface area is 172 Å². The Hall–Kier alpha value is -3.62. The molecule has 1 atom stereocenters. The van der Waals surface area contributed by atoms with Crippen LogP contribution in [0.25, 0.3) is 0 Å². The van der Waals surface area contributed by atoms with Crippen molar-refractivity contribution in [3.05, 3.63) is 63.2 Å².